The Kier molecular flexibility index (Phi) is 4.56. The minimum absolute atomic E-state index is 0.425. The van der Waals surface area contributed by atoms with Gasteiger partial charge < -0.3 is 10.1 Å². The summed E-state index contributed by atoms with van der Waals surface area (Å²) in [5.74, 6) is 1.05. The Morgan fingerprint density at radius 2 is 1.95 bits per heavy atom. The molecule has 1 aliphatic rings. The van der Waals surface area contributed by atoms with Crippen LogP contribution in [0, 0.1) is 0 Å². The van der Waals surface area contributed by atoms with E-state index < -0.39 is 0 Å². The van der Waals surface area contributed by atoms with Crippen molar-refractivity contribution in [1.29, 1.82) is 0 Å². The molecular weight excluding hydrogens is 258 g/mol. The molecule has 0 aliphatic carbocycles. The minimum atomic E-state index is 0.425. The number of rotatable bonds is 5. The molecular formula is C19H23NO. The number of benzene rings is 2. The van der Waals surface area contributed by atoms with E-state index in [1.54, 1.807) is 0 Å². The fourth-order valence-electron chi connectivity index (χ4n) is 2.91. The van der Waals surface area contributed by atoms with Crippen molar-refractivity contribution in [2.24, 2.45) is 0 Å². The average molecular weight is 281 g/mol. The van der Waals surface area contributed by atoms with Crippen LogP contribution in [0.1, 0.15) is 25.3 Å². The van der Waals surface area contributed by atoms with Gasteiger partial charge in [-0.15, -0.1) is 0 Å². The van der Waals surface area contributed by atoms with Crippen LogP contribution >= 0.6 is 0 Å². The highest BCUT2D eigenvalue weighted by atomic mass is 16.5. The molecule has 1 heterocycles. The third-order valence-electron chi connectivity index (χ3n) is 4.07. The van der Waals surface area contributed by atoms with Gasteiger partial charge in [-0.25, -0.2) is 0 Å². The summed E-state index contributed by atoms with van der Waals surface area (Å²) in [5.41, 5.74) is 3.91. The second-order valence-electron chi connectivity index (χ2n) is 5.67. The molecule has 0 saturated carbocycles. The summed E-state index contributed by atoms with van der Waals surface area (Å²) < 4.78 is 5.97. The van der Waals surface area contributed by atoms with E-state index in [1.165, 1.54) is 29.5 Å². The predicted octanol–water partition coefficient (Wildman–Crippen LogP) is 4.05. The van der Waals surface area contributed by atoms with Gasteiger partial charge in [0.25, 0.3) is 0 Å². The molecule has 0 bridgehead atoms. The van der Waals surface area contributed by atoms with Crippen LogP contribution in [0.15, 0.2) is 48.5 Å². The SMILES string of the molecule is CCCCNC1COc2cccc(-c3ccccc3)c2C1. The molecule has 0 saturated heterocycles. The average Bonchev–Trinajstić information content (AvgIpc) is 2.55. The maximum Gasteiger partial charge on any atom is 0.123 e. The van der Waals surface area contributed by atoms with Crippen LogP contribution in [0.2, 0.25) is 0 Å². The van der Waals surface area contributed by atoms with Crippen LogP contribution in [0.4, 0.5) is 0 Å². The van der Waals surface area contributed by atoms with Gasteiger partial charge in [-0.2, -0.15) is 0 Å². The summed E-state index contributed by atoms with van der Waals surface area (Å²) in [7, 11) is 0. The second-order valence-corrected chi connectivity index (χ2v) is 5.67. The molecule has 2 aromatic carbocycles. The minimum Gasteiger partial charge on any atom is -0.492 e. The molecule has 1 N–H and O–H groups in total. The molecule has 21 heavy (non-hydrogen) atoms. The number of fused-ring (bicyclic) bond motifs is 1. The summed E-state index contributed by atoms with van der Waals surface area (Å²) >= 11 is 0. The summed E-state index contributed by atoms with van der Waals surface area (Å²) in [4.78, 5) is 0. The Bertz CT molecular complexity index is 579. The van der Waals surface area contributed by atoms with E-state index in [4.69, 9.17) is 4.74 Å². The van der Waals surface area contributed by atoms with Crippen molar-refractivity contribution in [1.82, 2.24) is 5.32 Å². The highest BCUT2D eigenvalue weighted by Gasteiger charge is 2.22. The van der Waals surface area contributed by atoms with Crippen LogP contribution in [0.25, 0.3) is 11.1 Å². The van der Waals surface area contributed by atoms with Crippen molar-refractivity contribution >= 4 is 0 Å². The first-order valence-electron chi connectivity index (χ1n) is 7.92. The predicted molar refractivity (Wildman–Crippen MR) is 87.8 cm³/mol. The van der Waals surface area contributed by atoms with Gasteiger partial charge >= 0.3 is 0 Å². The Balaban J connectivity index is 1.83. The fraction of sp³-hybridized carbons (Fsp3) is 0.368. The van der Waals surface area contributed by atoms with Gasteiger partial charge in [0.1, 0.15) is 12.4 Å². The lowest BCUT2D eigenvalue weighted by Gasteiger charge is -2.28. The summed E-state index contributed by atoms with van der Waals surface area (Å²) in [5, 5.41) is 3.62. The number of nitrogens with one attached hydrogen (secondary N) is 1. The molecule has 2 nitrogen and oxygen atoms in total. The van der Waals surface area contributed by atoms with Gasteiger partial charge in [0.2, 0.25) is 0 Å². The Morgan fingerprint density at radius 3 is 2.76 bits per heavy atom. The quantitative estimate of drug-likeness (QED) is 0.835. The van der Waals surface area contributed by atoms with Crippen molar-refractivity contribution in [3.05, 3.63) is 54.1 Å². The van der Waals surface area contributed by atoms with Crippen molar-refractivity contribution in [3.63, 3.8) is 0 Å². The van der Waals surface area contributed by atoms with Crippen LogP contribution < -0.4 is 10.1 Å². The summed E-state index contributed by atoms with van der Waals surface area (Å²) in [6.45, 7) is 4.07. The standard InChI is InChI=1S/C19H23NO/c1-2-3-12-20-16-13-18-17(15-8-5-4-6-9-15)10-7-11-19(18)21-14-16/h4-11,16,20H,2-3,12-14H2,1H3. The number of unbranched alkanes of at least 4 members (excludes halogenated alkanes) is 1. The molecule has 0 fully saturated rings. The van der Waals surface area contributed by atoms with Crippen molar-refractivity contribution in [2.75, 3.05) is 13.2 Å². The molecule has 0 spiro atoms. The molecule has 1 unspecified atom stereocenters. The van der Waals surface area contributed by atoms with E-state index in [9.17, 15) is 0 Å². The zero-order valence-corrected chi connectivity index (χ0v) is 12.6. The van der Waals surface area contributed by atoms with Crippen LogP contribution in [-0.4, -0.2) is 19.2 Å². The van der Waals surface area contributed by atoms with E-state index >= 15 is 0 Å². The first-order chi connectivity index (χ1) is 10.4. The van der Waals surface area contributed by atoms with Crippen LogP contribution in [-0.2, 0) is 6.42 Å². The lowest BCUT2D eigenvalue weighted by molar-refractivity contribution is 0.239. The van der Waals surface area contributed by atoms with Crippen LogP contribution in [0.5, 0.6) is 5.75 Å². The molecule has 110 valence electrons. The van der Waals surface area contributed by atoms with Gasteiger partial charge in [0, 0.05) is 11.6 Å². The molecule has 2 aromatic rings. The normalized spacial score (nSPS) is 17.1. The first kappa shape index (κ1) is 14.2. The molecule has 1 aliphatic heterocycles. The van der Waals surface area contributed by atoms with E-state index in [2.05, 4.69) is 60.8 Å². The molecule has 0 radical (unpaired) electrons. The van der Waals surface area contributed by atoms with Crippen molar-refractivity contribution < 1.29 is 4.74 Å². The van der Waals surface area contributed by atoms with Crippen molar-refractivity contribution in [2.45, 2.75) is 32.2 Å². The maximum atomic E-state index is 5.97. The first-order valence-corrected chi connectivity index (χ1v) is 7.92. The van der Waals surface area contributed by atoms with Gasteiger partial charge in [-0.3, -0.25) is 0 Å². The number of hydrogen-bond acceptors (Lipinski definition) is 2. The molecule has 1 atom stereocenters. The molecule has 0 aromatic heterocycles. The molecule has 3 rings (SSSR count). The topological polar surface area (TPSA) is 21.3 Å². The highest BCUT2D eigenvalue weighted by Crippen LogP contribution is 2.34. The van der Waals surface area contributed by atoms with E-state index in [0.29, 0.717) is 6.04 Å². The monoisotopic (exact) mass is 281 g/mol. The zero-order chi connectivity index (χ0) is 14.5. The lowest BCUT2D eigenvalue weighted by atomic mass is 9.93. The Hall–Kier alpha value is -1.80. The fourth-order valence-corrected chi connectivity index (χ4v) is 2.91. The van der Waals surface area contributed by atoms with Gasteiger partial charge in [0.15, 0.2) is 0 Å². The Morgan fingerprint density at radius 1 is 1.10 bits per heavy atom. The smallest absolute Gasteiger partial charge is 0.123 e. The number of ether oxygens (including phenoxy) is 1. The second kappa shape index (κ2) is 6.77. The molecule has 0 amide bonds. The summed E-state index contributed by atoms with van der Waals surface area (Å²) in [6, 6.07) is 17.4. The van der Waals surface area contributed by atoms with Gasteiger partial charge in [0.05, 0.1) is 0 Å². The third-order valence-corrected chi connectivity index (χ3v) is 4.07. The Labute approximate surface area is 127 Å². The lowest BCUT2D eigenvalue weighted by Crippen LogP contribution is -2.39. The van der Waals surface area contributed by atoms with E-state index in [-0.39, 0.29) is 0 Å². The number of hydrogen-bond donors (Lipinski definition) is 1. The molecule has 2 heteroatoms. The zero-order valence-electron chi connectivity index (χ0n) is 12.6. The largest absolute Gasteiger partial charge is 0.492 e. The van der Waals surface area contributed by atoms with E-state index in [0.717, 1.165) is 25.3 Å². The maximum absolute atomic E-state index is 5.97. The van der Waals surface area contributed by atoms with Crippen molar-refractivity contribution in [3.8, 4) is 16.9 Å². The van der Waals surface area contributed by atoms with E-state index in [1.807, 2.05) is 0 Å². The van der Waals surface area contributed by atoms with Gasteiger partial charge in [-0.05, 0) is 36.6 Å². The summed E-state index contributed by atoms with van der Waals surface area (Å²) in [6.07, 6.45) is 3.50. The highest BCUT2D eigenvalue weighted by molar-refractivity contribution is 5.70. The van der Waals surface area contributed by atoms with Crippen LogP contribution in [0.3, 0.4) is 0 Å². The van der Waals surface area contributed by atoms with Gasteiger partial charge in [-0.1, -0.05) is 55.8 Å². The third kappa shape index (κ3) is 3.27.